The maximum atomic E-state index is 13.4. The number of likely N-dealkylation sites (N-methyl/N-ethyl adjacent to an activating group) is 1. The molecular weight excluding hydrogens is 289 g/mol. The molecule has 0 unspecified atom stereocenters. The van der Waals surface area contributed by atoms with E-state index in [1.807, 2.05) is 13.8 Å². The lowest BCUT2D eigenvalue weighted by molar-refractivity contribution is 0.222. The summed E-state index contributed by atoms with van der Waals surface area (Å²) >= 11 is 0. The summed E-state index contributed by atoms with van der Waals surface area (Å²) in [6, 6.07) is 3.12. The molecule has 22 heavy (non-hydrogen) atoms. The van der Waals surface area contributed by atoms with E-state index in [-0.39, 0.29) is 11.4 Å². The van der Waals surface area contributed by atoms with Crippen LogP contribution in [0.25, 0.3) is 0 Å². The van der Waals surface area contributed by atoms with Crippen LogP contribution in [0.2, 0.25) is 0 Å². The molecule has 0 fully saturated rings. The summed E-state index contributed by atoms with van der Waals surface area (Å²) in [5.41, 5.74) is 7.34. The average Bonchev–Trinajstić information content (AvgIpc) is 2.53. The molecule has 2 amide bonds. The topological polar surface area (TPSA) is 81.0 Å². The van der Waals surface area contributed by atoms with Gasteiger partial charge in [-0.1, -0.05) is 19.1 Å². The maximum Gasteiger partial charge on any atom is 0.343 e. The molecule has 1 aromatic rings. The van der Waals surface area contributed by atoms with Crippen LogP contribution in [0, 0.1) is 11.3 Å². The fourth-order valence-corrected chi connectivity index (χ4v) is 1.92. The van der Waals surface area contributed by atoms with Crippen LogP contribution in [0.1, 0.15) is 13.8 Å². The Hall–Kier alpha value is -2.22. The number of nitrogens with zero attached hydrogens (tertiary/aromatic N) is 3. The van der Waals surface area contributed by atoms with Crippen LogP contribution in [0.3, 0.4) is 0 Å². The van der Waals surface area contributed by atoms with Crippen LogP contribution < -0.4 is 15.1 Å². The number of amides is 2. The number of urea groups is 1. The van der Waals surface area contributed by atoms with E-state index in [1.54, 1.807) is 0 Å². The van der Waals surface area contributed by atoms with Gasteiger partial charge < -0.3 is 15.0 Å². The van der Waals surface area contributed by atoms with Crippen molar-refractivity contribution < 1.29 is 13.9 Å². The van der Waals surface area contributed by atoms with Gasteiger partial charge in [-0.05, 0) is 25.2 Å². The first-order valence-electron chi connectivity index (χ1n) is 7.11. The highest BCUT2D eigenvalue weighted by Gasteiger charge is 2.19. The van der Waals surface area contributed by atoms with Crippen LogP contribution in [-0.4, -0.2) is 44.2 Å². The largest absolute Gasteiger partial charge is 0.490 e. The lowest BCUT2D eigenvalue weighted by Gasteiger charge is -2.21. The normalized spacial score (nSPS) is 10.4. The fourth-order valence-electron chi connectivity index (χ4n) is 1.92. The van der Waals surface area contributed by atoms with Gasteiger partial charge in [0.15, 0.2) is 0 Å². The van der Waals surface area contributed by atoms with Crippen LogP contribution in [0.4, 0.5) is 14.9 Å². The molecule has 0 aromatic heterocycles. The molecular formula is C14H22FN5O2. The van der Waals surface area contributed by atoms with E-state index >= 15 is 0 Å². The van der Waals surface area contributed by atoms with Gasteiger partial charge in [-0.3, -0.25) is 0 Å². The van der Waals surface area contributed by atoms with Crippen molar-refractivity contribution in [2.24, 2.45) is 5.22 Å². The second-order valence-corrected chi connectivity index (χ2v) is 4.45. The highest BCUT2D eigenvalue weighted by Crippen LogP contribution is 2.29. The fraction of sp³-hybridized carbons (Fsp3) is 0.500. The van der Waals surface area contributed by atoms with E-state index in [4.69, 9.17) is 10.3 Å². The molecule has 0 aliphatic carbocycles. The van der Waals surface area contributed by atoms with Crippen molar-refractivity contribution in [2.45, 2.75) is 13.8 Å². The number of nitrogens with one attached hydrogen (secondary N) is 2. The maximum absolute atomic E-state index is 13.4. The molecule has 0 heterocycles. The van der Waals surface area contributed by atoms with E-state index in [2.05, 4.69) is 15.4 Å². The van der Waals surface area contributed by atoms with Gasteiger partial charge >= 0.3 is 6.03 Å². The van der Waals surface area contributed by atoms with Gasteiger partial charge in [0.05, 0.1) is 0 Å². The van der Waals surface area contributed by atoms with Crippen LogP contribution in [-0.2, 0) is 0 Å². The van der Waals surface area contributed by atoms with Gasteiger partial charge in [-0.15, -0.1) is 0 Å². The smallest absolute Gasteiger partial charge is 0.343 e. The van der Waals surface area contributed by atoms with E-state index < -0.39 is 11.8 Å². The number of rotatable bonds is 8. The molecule has 0 atom stereocenters. The molecule has 8 heteroatoms. The monoisotopic (exact) mass is 311 g/mol. The van der Waals surface area contributed by atoms with Crippen molar-refractivity contribution in [1.29, 1.82) is 5.53 Å². The number of hydrogen-bond acceptors (Lipinski definition) is 5. The lowest BCUT2D eigenvalue weighted by atomic mass is 10.2. The van der Waals surface area contributed by atoms with Crippen molar-refractivity contribution in [1.82, 2.24) is 10.2 Å². The minimum Gasteiger partial charge on any atom is -0.490 e. The van der Waals surface area contributed by atoms with Gasteiger partial charge in [0, 0.05) is 19.7 Å². The Morgan fingerprint density at radius 2 is 2.09 bits per heavy atom. The minimum atomic E-state index is -0.602. The molecule has 2 N–H and O–H groups in total. The molecule has 0 spiro atoms. The predicted octanol–water partition coefficient (Wildman–Crippen LogP) is 2.64. The first-order valence-corrected chi connectivity index (χ1v) is 7.11. The van der Waals surface area contributed by atoms with Crippen molar-refractivity contribution in [2.75, 3.05) is 38.3 Å². The molecule has 0 radical (unpaired) electrons. The highest BCUT2D eigenvalue weighted by molar-refractivity contribution is 5.92. The second kappa shape index (κ2) is 8.93. The summed E-state index contributed by atoms with van der Waals surface area (Å²) in [5, 5.41) is 6.33. The van der Waals surface area contributed by atoms with Gasteiger partial charge in [-0.25, -0.2) is 9.18 Å². The van der Waals surface area contributed by atoms with Gasteiger partial charge in [0.1, 0.15) is 23.9 Å². The van der Waals surface area contributed by atoms with Crippen molar-refractivity contribution in [3.05, 3.63) is 24.0 Å². The molecule has 122 valence electrons. The molecule has 0 saturated carbocycles. The summed E-state index contributed by atoms with van der Waals surface area (Å²) in [4.78, 5) is 13.9. The minimum absolute atomic E-state index is 0.173. The summed E-state index contributed by atoms with van der Waals surface area (Å²) in [6.45, 7) is 6.90. The standard InChI is InChI=1S/C14H22FN5O2/c1-4-19(5-2)8-9-22-13-10-11(15)6-7-12(13)20(18-16)14(21)17-3/h6-7,10,16H,4-5,8-9H2,1-3H3,(H,17,21). The average molecular weight is 311 g/mol. The highest BCUT2D eigenvalue weighted by atomic mass is 19.1. The zero-order chi connectivity index (χ0) is 16.5. The molecule has 0 aliphatic rings. The number of halogens is 1. The Labute approximate surface area is 129 Å². The number of carbonyl (C=O) groups excluding carboxylic acids is 1. The van der Waals surface area contributed by atoms with Crippen molar-refractivity contribution >= 4 is 11.7 Å². The van der Waals surface area contributed by atoms with Crippen LogP contribution in [0.15, 0.2) is 23.4 Å². The first-order chi connectivity index (χ1) is 10.6. The summed E-state index contributed by atoms with van der Waals surface area (Å²) < 4.78 is 19.0. The Bertz CT molecular complexity index is 508. The molecule has 1 aromatic carbocycles. The Morgan fingerprint density at radius 3 is 2.64 bits per heavy atom. The van der Waals surface area contributed by atoms with E-state index in [9.17, 15) is 9.18 Å². The summed E-state index contributed by atoms with van der Waals surface area (Å²) in [6.07, 6.45) is 0. The Kier molecular flexibility index (Phi) is 7.24. The molecule has 0 aliphatic heterocycles. The van der Waals surface area contributed by atoms with E-state index in [0.29, 0.717) is 13.2 Å². The van der Waals surface area contributed by atoms with Gasteiger partial charge in [0.2, 0.25) is 0 Å². The predicted molar refractivity (Wildman–Crippen MR) is 81.8 cm³/mol. The number of anilines is 1. The third-order valence-electron chi connectivity index (χ3n) is 3.22. The zero-order valence-electron chi connectivity index (χ0n) is 13.1. The number of benzene rings is 1. The zero-order valence-corrected chi connectivity index (χ0v) is 13.1. The van der Waals surface area contributed by atoms with Gasteiger partial charge in [-0.2, -0.15) is 10.5 Å². The molecule has 0 bridgehead atoms. The van der Waals surface area contributed by atoms with Crippen molar-refractivity contribution in [3.8, 4) is 5.75 Å². The van der Waals surface area contributed by atoms with Crippen molar-refractivity contribution in [3.63, 3.8) is 0 Å². The number of hydrogen-bond donors (Lipinski definition) is 2. The molecule has 0 saturated heterocycles. The lowest BCUT2D eigenvalue weighted by Crippen LogP contribution is -2.34. The van der Waals surface area contributed by atoms with Gasteiger partial charge in [0.25, 0.3) is 0 Å². The molecule has 1 rings (SSSR count). The summed E-state index contributed by atoms with van der Waals surface area (Å²) in [5.74, 6) is -0.310. The third kappa shape index (κ3) is 4.66. The summed E-state index contributed by atoms with van der Waals surface area (Å²) in [7, 11) is 1.42. The second-order valence-electron chi connectivity index (χ2n) is 4.45. The number of carbonyl (C=O) groups is 1. The Morgan fingerprint density at radius 1 is 1.41 bits per heavy atom. The first kappa shape index (κ1) is 17.8. The quantitative estimate of drug-likeness (QED) is 0.572. The molecule has 7 nitrogen and oxygen atoms in total. The van der Waals surface area contributed by atoms with E-state index in [0.717, 1.165) is 18.1 Å². The third-order valence-corrected chi connectivity index (χ3v) is 3.22. The van der Waals surface area contributed by atoms with Crippen LogP contribution in [0.5, 0.6) is 5.75 Å². The number of ether oxygens (including phenoxy) is 1. The van der Waals surface area contributed by atoms with E-state index in [1.165, 1.54) is 25.2 Å². The Balaban J connectivity index is 2.90. The SMILES string of the molecule is CCN(CC)CCOc1cc(F)ccc1N(N=N)C(=O)NC. The van der Waals surface area contributed by atoms with Crippen LogP contribution >= 0.6 is 0 Å².